The van der Waals surface area contributed by atoms with E-state index >= 15 is 0 Å². The molecule has 0 saturated carbocycles. The normalized spacial score (nSPS) is 11.9. The molecular weight excluding hydrogens is 1820 g/mol. The third kappa shape index (κ3) is 213. The molecule has 146 heavy (non-hydrogen) atoms. The van der Waals surface area contributed by atoms with Gasteiger partial charge in [0.1, 0.15) is 28.8 Å². The summed E-state index contributed by atoms with van der Waals surface area (Å²) in [5, 5.41) is 0. The zero-order chi connectivity index (χ0) is 110. The highest BCUT2D eigenvalue weighted by molar-refractivity contribution is 5.89. The van der Waals surface area contributed by atoms with Crippen LogP contribution in [-0.2, 0) is 80.9 Å². The molecule has 0 heterocycles. The summed E-state index contributed by atoms with van der Waals surface area (Å²) in [6.07, 6.45) is 17.1. The van der Waals surface area contributed by atoms with Crippen LogP contribution < -0.4 is 5.73 Å². The molecule has 0 aliphatic heterocycles. The number of esters is 4. The second-order valence-electron chi connectivity index (χ2n) is 54.0. The number of carbonyl (C=O) groups is 6. The van der Waals surface area contributed by atoms with Crippen molar-refractivity contribution < 1.29 is 80.9 Å². The zero-order valence-corrected chi connectivity index (χ0v) is 102. The summed E-state index contributed by atoms with van der Waals surface area (Å²) < 4.78 is 59.6. The molecule has 2 N–H and O–H groups in total. The van der Waals surface area contributed by atoms with Crippen LogP contribution in [0, 0.1) is 75.4 Å². The number of hydrogen-bond donors (Lipinski definition) is 1. The van der Waals surface area contributed by atoms with Crippen LogP contribution >= 0.6 is 0 Å². The predicted molar refractivity (Wildman–Crippen MR) is 662 cm³/mol. The molecule has 0 radical (unpaired) electrons. The molecule has 2 atom stereocenters. The standard InChI is InChI=1S/C13H25NO4.C12H26O2.C10H22O2.2C10H22.C9H16O3.C9H18O.3C9H20O.C8H18O.C8H16O.12CH4/c1-12(2,3)17-10(15)8-7-9(14)11(16)18-13(4,5)6;1-11(2,3)13-9-7-8-10-14-12(4,5)6;1-8(11-9(2,3)4)12-10(5,6)7;2*1-9(2)7-5-6-8-10(3)4;1-6(2)7(10)12-8(11)9(3,4)5;1-8(2,3)7(10)9(4,5)6;2*1-8(2)6-7-10-9(3,4)5;1-7(2)8(3)10-9(4,5)6;1-7(2,3)9-8(4,5)6;1-6(2)5-8(9)7(3)4;;;;;;;;;;;;/h9H,7-8,14H2,1-6H3;7-10H2,1-6H3;8H,1-7H3;2*9-10H,5-8H2,1-4H3;6H,1-5H3;1-6H3;2*8H,6-7H2,1-5H3;7-8H,1-6H3;1-6H3;6-7H,5H2,1-4H3;12*1H4. The molecule has 18 nitrogen and oxygen atoms in total. The second-order valence-corrected chi connectivity index (χ2v) is 54.0. The Morgan fingerprint density at radius 2 is 0.493 bits per heavy atom. The molecule has 0 aliphatic carbocycles. The predicted octanol–water partition coefficient (Wildman–Crippen LogP) is 41.3. The number of carbonyl (C=O) groups excluding carboxylic acids is 6. The fraction of sp³-hybridized carbons (Fsp3) is 0.953. The average Bonchev–Trinajstić information content (AvgIpc) is 0.849. The largest absolute Gasteiger partial charge is 0.460 e. The first-order valence-electron chi connectivity index (χ1n) is 52.1. The van der Waals surface area contributed by atoms with Gasteiger partial charge in [-0.05, 0) is 343 Å². The van der Waals surface area contributed by atoms with Gasteiger partial charge in [0.2, 0.25) is 0 Å². The van der Waals surface area contributed by atoms with E-state index in [-0.39, 0.29) is 187 Å². The first-order valence-corrected chi connectivity index (χ1v) is 52.1. The van der Waals surface area contributed by atoms with E-state index < -0.39 is 40.6 Å². The Hall–Kier alpha value is -2.94. The number of unbranched alkanes of at least 4 members (excludes halogenated alkanes) is 3. The van der Waals surface area contributed by atoms with Crippen LogP contribution in [0.15, 0.2) is 0 Å². The fourth-order valence-corrected chi connectivity index (χ4v) is 10.3. The van der Waals surface area contributed by atoms with E-state index in [0.29, 0.717) is 29.5 Å². The first kappa shape index (κ1) is 204. The molecule has 18 heteroatoms. The lowest BCUT2D eigenvalue weighted by Gasteiger charge is -2.30. The first-order chi connectivity index (χ1) is 58.8. The van der Waals surface area contributed by atoms with Crippen molar-refractivity contribution in [2.75, 3.05) is 26.4 Å². The van der Waals surface area contributed by atoms with Crippen molar-refractivity contribution in [3.05, 3.63) is 0 Å². The van der Waals surface area contributed by atoms with Gasteiger partial charge >= 0.3 is 23.9 Å². The molecule has 0 saturated heterocycles. The van der Waals surface area contributed by atoms with E-state index in [1.54, 1.807) is 76.2 Å². The van der Waals surface area contributed by atoms with E-state index in [4.69, 9.17) is 53.1 Å². The lowest BCUT2D eigenvalue weighted by molar-refractivity contribution is -0.224. The van der Waals surface area contributed by atoms with Crippen molar-refractivity contribution in [2.24, 2.45) is 81.2 Å². The van der Waals surface area contributed by atoms with Gasteiger partial charge in [0, 0.05) is 56.0 Å². The molecule has 0 aliphatic rings. The van der Waals surface area contributed by atoms with E-state index in [1.165, 1.54) is 51.4 Å². The average molecular weight is 2120 g/mol. The van der Waals surface area contributed by atoms with Crippen molar-refractivity contribution >= 4 is 35.4 Å². The Bertz CT molecular complexity index is 2640. The highest BCUT2D eigenvalue weighted by atomic mass is 16.7. The summed E-state index contributed by atoms with van der Waals surface area (Å²) in [6, 6.07) is -0.795. The Morgan fingerprint density at radius 3 is 0.644 bits per heavy atom. The Kier molecular flexibility index (Phi) is 140. The van der Waals surface area contributed by atoms with Gasteiger partial charge in [-0.25, -0.2) is 0 Å². The van der Waals surface area contributed by atoms with Crippen molar-refractivity contribution in [3.8, 4) is 0 Å². The van der Waals surface area contributed by atoms with Crippen molar-refractivity contribution in [1.82, 2.24) is 0 Å². The molecule has 0 fully saturated rings. The zero-order valence-electron chi connectivity index (χ0n) is 102. The molecule has 0 amide bonds. The quantitative estimate of drug-likeness (QED) is 0.0212. The van der Waals surface area contributed by atoms with E-state index in [0.717, 1.165) is 94.0 Å². The molecular formula is C128H293NO17. The number of rotatable bonds is 33. The Balaban J connectivity index is -0.0000000504. The Morgan fingerprint density at radius 1 is 0.247 bits per heavy atom. The molecule has 0 bridgehead atoms. The number of hydrogen-bond acceptors (Lipinski definition) is 18. The third-order valence-corrected chi connectivity index (χ3v) is 16.5. The van der Waals surface area contributed by atoms with Crippen molar-refractivity contribution in [2.45, 2.75) is 709 Å². The summed E-state index contributed by atoms with van der Waals surface area (Å²) in [4.78, 5) is 67.5. The molecule has 0 rings (SSSR count). The monoisotopic (exact) mass is 2120 g/mol. The van der Waals surface area contributed by atoms with Crippen LogP contribution in [0.5, 0.6) is 0 Å². The van der Waals surface area contributed by atoms with Gasteiger partial charge in [-0.2, -0.15) is 0 Å². The maximum atomic E-state index is 11.6. The summed E-state index contributed by atoms with van der Waals surface area (Å²) in [6.45, 7) is 134. The minimum Gasteiger partial charge on any atom is -0.460 e. The van der Waals surface area contributed by atoms with Gasteiger partial charge in [0.25, 0.3) is 0 Å². The SMILES string of the molecule is C.C.C.C.C.C.C.C.C.C.C.C.CC(C)(C)C(=O)C(C)(C)C.CC(C)(C)OC(=O)CCC(N)C(=O)OC(C)(C)C.CC(C)(C)OC(C)(C)C.CC(C)(C)OCCCCOC(C)(C)C.CC(C)C(=O)OC(=O)C(C)(C)C.CC(C)C(C)OC(C)(C)C.CC(C)CC(=O)C(C)C.CC(C)CCCCC(C)C.CC(C)CCCCC(C)C.CC(C)CCOC(C)(C)C.CC(C)CCOC(C)(C)C.CC(OC(C)(C)C)OC(C)(C)C. The number of ether oxygens (including phenoxy) is 11. The molecule has 0 aromatic rings. The van der Waals surface area contributed by atoms with Gasteiger partial charge in [-0.3, -0.25) is 28.8 Å². The highest BCUT2D eigenvalue weighted by Crippen LogP contribution is 2.29. The summed E-state index contributed by atoms with van der Waals surface area (Å²) in [5.74, 6) is 5.08. The van der Waals surface area contributed by atoms with Crippen molar-refractivity contribution in [3.63, 3.8) is 0 Å². The van der Waals surface area contributed by atoms with Gasteiger partial charge < -0.3 is 57.8 Å². The molecule has 0 spiro atoms. The maximum absolute atomic E-state index is 11.6. The lowest BCUT2D eigenvalue weighted by Crippen LogP contribution is -2.38. The van der Waals surface area contributed by atoms with Gasteiger partial charge in [-0.1, -0.05) is 321 Å². The lowest BCUT2D eigenvalue weighted by atomic mass is 9.76. The molecule has 0 aromatic heterocycles. The fourth-order valence-electron chi connectivity index (χ4n) is 10.3. The van der Waals surface area contributed by atoms with Gasteiger partial charge in [0.15, 0.2) is 6.29 Å². The topological polar surface area (TPSA) is 230 Å². The Labute approximate surface area is 927 Å². The van der Waals surface area contributed by atoms with E-state index in [2.05, 4.69) is 268 Å². The van der Waals surface area contributed by atoms with Gasteiger partial charge in [-0.15, -0.1) is 0 Å². The van der Waals surface area contributed by atoms with Crippen molar-refractivity contribution in [1.29, 1.82) is 0 Å². The van der Waals surface area contributed by atoms with E-state index in [9.17, 15) is 28.8 Å². The minimum atomic E-state index is -0.795. The van der Waals surface area contributed by atoms with Crippen LogP contribution in [0.3, 0.4) is 0 Å². The summed E-state index contributed by atoms with van der Waals surface area (Å²) in [7, 11) is 0. The smallest absolute Gasteiger partial charge is 0.323 e. The summed E-state index contributed by atoms with van der Waals surface area (Å²) in [5.41, 5.74) is 3.32. The highest BCUT2D eigenvalue weighted by Gasteiger charge is 2.33. The number of Topliss-reactive ketones (excluding diaryl/α,β-unsaturated/α-hetero) is 2. The summed E-state index contributed by atoms with van der Waals surface area (Å²) >= 11 is 0. The number of ketones is 2. The van der Waals surface area contributed by atoms with Crippen LogP contribution in [0.4, 0.5) is 0 Å². The second kappa shape index (κ2) is 100. The van der Waals surface area contributed by atoms with Crippen LogP contribution in [0.25, 0.3) is 0 Å². The molecule has 0 aromatic carbocycles. The van der Waals surface area contributed by atoms with Crippen LogP contribution in [-0.4, -0.2) is 142 Å². The van der Waals surface area contributed by atoms with E-state index in [1.807, 2.05) is 104 Å². The maximum Gasteiger partial charge on any atom is 0.323 e. The molecule has 2 unspecified atom stereocenters. The number of nitrogens with two attached hydrogens (primary N) is 1. The van der Waals surface area contributed by atoms with Crippen LogP contribution in [0.2, 0.25) is 0 Å². The molecule has 912 valence electrons. The third-order valence-electron chi connectivity index (χ3n) is 16.5. The minimum absolute atomic E-state index is 0. The van der Waals surface area contributed by atoms with Gasteiger partial charge in [0.05, 0.1) is 67.8 Å². The van der Waals surface area contributed by atoms with Crippen LogP contribution in [0.1, 0.15) is 629 Å².